The SMILES string of the molecule is O=C(CC1CCCCO1)N[C@H](CO)C(=O)O. The van der Waals surface area contributed by atoms with Crippen LogP contribution in [-0.2, 0) is 14.3 Å². The summed E-state index contributed by atoms with van der Waals surface area (Å²) in [5, 5.41) is 19.6. The van der Waals surface area contributed by atoms with E-state index in [1.165, 1.54) is 0 Å². The van der Waals surface area contributed by atoms with Crippen LogP contribution in [0.5, 0.6) is 0 Å². The molecule has 92 valence electrons. The number of carboxylic acids is 1. The Labute approximate surface area is 93.6 Å². The summed E-state index contributed by atoms with van der Waals surface area (Å²) in [7, 11) is 0. The van der Waals surface area contributed by atoms with Gasteiger partial charge in [-0.3, -0.25) is 4.79 Å². The predicted molar refractivity (Wildman–Crippen MR) is 54.9 cm³/mol. The van der Waals surface area contributed by atoms with Gasteiger partial charge in [-0.2, -0.15) is 0 Å². The fraction of sp³-hybridized carbons (Fsp3) is 0.800. The molecule has 2 atom stereocenters. The van der Waals surface area contributed by atoms with E-state index in [2.05, 4.69) is 5.32 Å². The summed E-state index contributed by atoms with van der Waals surface area (Å²) in [6.07, 6.45) is 2.89. The van der Waals surface area contributed by atoms with Crippen LogP contribution in [0, 0.1) is 0 Å². The average molecular weight is 231 g/mol. The number of ether oxygens (including phenoxy) is 1. The second kappa shape index (κ2) is 6.44. The first-order valence-corrected chi connectivity index (χ1v) is 5.38. The molecule has 0 aliphatic carbocycles. The van der Waals surface area contributed by atoms with Crippen LogP contribution in [0.2, 0.25) is 0 Å². The molecule has 0 radical (unpaired) electrons. The molecule has 1 aliphatic heterocycles. The van der Waals surface area contributed by atoms with Gasteiger partial charge in [0.2, 0.25) is 5.91 Å². The quantitative estimate of drug-likeness (QED) is 0.593. The molecule has 0 bridgehead atoms. The molecular weight excluding hydrogens is 214 g/mol. The first kappa shape index (κ1) is 12.9. The van der Waals surface area contributed by atoms with Crippen LogP contribution < -0.4 is 5.32 Å². The lowest BCUT2D eigenvalue weighted by atomic mass is 10.1. The van der Waals surface area contributed by atoms with Crippen LogP contribution in [0.1, 0.15) is 25.7 Å². The number of hydrogen-bond acceptors (Lipinski definition) is 4. The maximum atomic E-state index is 11.4. The summed E-state index contributed by atoms with van der Waals surface area (Å²) in [6, 6.07) is -1.23. The highest BCUT2D eigenvalue weighted by atomic mass is 16.5. The highest BCUT2D eigenvalue weighted by Crippen LogP contribution is 2.15. The lowest BCUT2D eigenvalue weighted by Gasteiger charge is -2.22. The largest absolute Gasteiger partial charge is 0.480 e. The Kier molecular flexibility index (Phi) is 5.21. The Balaban J connectivity index is 2.31. The summed E-state index contributed by atoms with van der Waals surface area (Å²) in [4.78, 5) is 22.0. The third-order valence-corrected chi connectivity index (χ3v) is 2.50. The number of aliphatic hydroxyl groups is 1. The molecule has 6 heteroatoms. The maximum absolute atomic E-state index is 11.4. The molecule has 3 N–H and O–H groups in total. The van der Waals surface area contributed by atoms with Gasteiger partial charge >= 0.3 is 5.97 Å². The molecule has 1 fully saturated rings. The lowest BCUT2D eigenvalue weighted by Crippen LogP contribution is -2.44. The Morgan fingerprint density at radius 1 is 1.44 bits per heavy atom. The van der Waals surface area contributed by atoms with Crippen LogP contribution in [0.15, 0.2) is 0 Å². The molecule has 0 spiro atoms. The Hall–Kier alpha value is -1.14. The standard InChI is InChI=1S/C10H17NO5/c12-6-8(10(14)15)11-9(13)5-7-3-1-2-4-16-7/h7-8,12H,1-6H2,(H,11,13)(H,14,15)/t7?,8-/m1/s1. The zero-order valence-electron chi connectivity index (χ0n) is 9.02. The number of carboxylic acid groups (broad SMARTS) is 1. The number of hydrogen-bond donors (Lipinski definition) is 3. The van der Waals surface area contributed by atoms with Crippen LogP contribution in [-0.4, -0.2) is 47.4 Å². The molecule has 0 saturated carbocycles. The Morgan fingerprint density at radius 2 is 2.19 bits per heavy atom. The number of aliphatic hydroxyl groups excluding tert-OH is 1. The first-order chi connectivity index (χ1) is 7.63. The van der Waals surface area contributed by atoms with E-state index in [0.717, 1.165) is 19.3 Å². The van der Waals surface area contributed by atoms with Gasteiger partial charge in [0, 0.05) is 6.61 Å². The fourth-order valence-corrected chi connectivity index (χ4v) is 1.61. The van der Waals surface area contributed by atoms with Gasteiger partial charge in [-0.15, -0.1) is 0 Å². The van der Waals surface area contributed by atoms with Crippen molar-refractivity contribution in [2.75, 3.05) is 13.2 Å². The van der Waals surface area contributed by atoms with Crippen molar-refractivity contribution in [3.63, 3.8) is 0 Å². The summed E-state index contributed by atoms with van der Waals surface area (Å²) < 4.78 is 5.35. The van der Waals surface area contributed by atoms with Gasteiger partial charge in [0.15, 0.2) is 0 Å². The number of amides is 1. The second-order valence-corrected chi connectivity index (χ2v) is 3.83. The molecule has 0 aromatic rings. The summed E-state index contributed by atoms with van der Waals surface area (Å²) in [5.41, 5.74) is 0. The van der Waals surface area contributed by atoms with Gasteiger partial charge in [0.05, 0.1) is 19.1 Å². The normalized spacial score (nSPS) is 22.4. The van der Waals surface area contributed by atoms with E-state index in [4.69, 9.17) is 14.9 Å². The van der Waals surface area contributed by atoms with Crippen LogP contribution >= 0.6 is 0 Å². The topological polar surface area (TPSA) is 95.9 Å². The predicted octanol–water partition coefficient (Wildman–Crippen LogP) is -0.493. The van der Waals surface area contributed by atoms with E-state index in [-0.39, 0.29) is 12.5 Å². The Morgan fingerprint density at radius 3 is 2.69 bits per heavy atom. The van der Waals surface area contributed by atoms with Crippen molar-refractivity contribution in [1.29, 1.82) is 0 Å². The van der Waals surface area contributed by atoms with Crippen molar-refractivity contribution in [3.8, 4) is 0 Å². The zero-order chi connectivity index (χ0) is 12.0. The van der Waals surface area contributed by atoms with Gasteiger partial charge < -0.3 is 20.3 Å². The van der Waals surface area contributed by atoms with Crippen molar-refractivity contribution in [2.24, 2.45) is 0 Å². The number of nitrogens with one attached hydrogen (secondary N) is 1. The summed E-state index contributed by atoms with van der Waals surface area (Å²) >= 11 is 0. The second-order valence-electron chi connectivity index (χ2n) is 3.83. The molecule has 16 heavy (non-hydrogen) atoms. The number of rotatable bonds is 5. The van der Waals surface area contributed by atoms with Crippen molar-refractivity contribution in [3.05, 3.63) is 0 Å². The fourth-order valence-electron chi connectivity index (χ4n) is 1.61. The third kappa shape index (κ3) is 4.16. The third-order valence-electron chi connectivity index (χ3n) is 2.50. The van der Waals surface area contributed by atoms with E-state index in [1.54, 1.807) is 0 Å². The van der Waals surface area contributed by atoms with Gasteiger partial charge in [0.25, 0.3) is 0 Å². The van der Waals surface area contributed by atoms with Crippen molar-refractivity contribution >= 4 is 11.9 Å². The average Bonchev–Trinajstić information content (AvgIpc) is 2.27. The van der Waals surface area contributed by atoms with Gasteiger partial charge in [0.1, 0.15) is 6.04 Å². The highest BCUT2D eigenvalue weighted by Gasteiger charge is 2.22. The van der Waals surface area contributed by atoms with Crippen molar-refractivity contribution < 1.29 is 24.5 Å². The monoisotopic (exact) mass is 231 g/mol. The van der Waals surface area contributed by atoms with Crippen LogP contribution in [0.25, 0.3) is 0 Å². The number of aliphatic carboxylic acids is 1. The molecule has 1 heterocycles. The van der Waals surface area contributed by atoms with Crippen molar-refractivity contribution in [1.82, 2.24) is 5.32 Å². The van der Waals surface area contributed by atoms with E-state index in [9.17, 15) is 9.59 Å². The van der Waals surface area contributed by atoms with Gasteiger partial charge in [-0.1, -0.05) is 0 Å². The molecule has 1 rings (SSSR count). The van der Waals surface area contributed by atoms with Crippen molar-refractivity contribution in [2.45, 2.75) is 37.8 Å². The molecule has 1 aliphatic rings. The molecule has 0 aromatic heterocycles. The van der Waals surface area contributed by atoms with E-state index >= 15 is 0 Å². The summed E-state index contributed by atoms with van der Waals surface area (Å²) in [6.45, 7) is 0.0485. The minimum atomic E-state index is -1.24. The molecule has 0 aromatic carbocycles. The molecular formula is C10H17NO5. The smallest absolute Gasteiger partial charge is 0.328 e. The Bertz CT molecular complexity index is 250. The van der Waals surface area contributed by atoms with Gasteiger partial charge in [-0.05, 0) is 19.3 Å². The molecule has 1 saturated heterocycles. The first-order valence-electron chi connectivity index (χ1n) is 5.38. The minimum Gasteiger partial charge on any atom is -0.480 e. The van der Waals surface area contributed by atoms with E-state index in [0.29, 0.717) is 6.61 Å². The highest BCUT2D eigenvalue weighted by molar-refractivity contribution is 5.83. The van der Waals surface area contributed by atoms with E-state index in [1.807, 2.05) is 0 Å². The van der Waals surface area contributed by atoms with E-state index < -0.39 is 24.5 Å². The van der Waals surface area contributed by atoms with Crippen LogP contribution in [0.4, 0.5) is 0 Å². The molecule has 1 amide bonds. The summed E-state index contributed by atoms with van der Waals surface area (Å²) in [5.74, 6) is -1.63. The lowest BCUT2D eigenvalue weighted by molar-refractivity contribution is -0.143. The zero-order valence-corrected chi connectivity index (χ0v) is 9.02. The number of carbonyl (C=O) groups excluding carboxylic acids is 1. The number of carbonyl (C=O) groups is 2. The molecule has 1 unspecified atom stereocenters. The molecule has 6 nitrogen and oxygen atoms in total. The van der Waals surface area contributed by atoms with Crippen LogP contribution in [0.3, 0.4) is 0 Å². The minimum absolute atomic E-state index is 0.123. The maximum Gasteiger partial charge on any atom is 0.328 e. The van der Waals surface area contributed by atoms with Gasteiger partial charge in [-0.25, -0.2) is 4.79 Å².